The van der Waals surface area contributed by atoms with Gasteiger partial charge in [0.05, 0.1) is 0 Å². The molecule has 0 bridgehead atoms. The topological polar surface area (TPSA) is 35.0 Å². The van der Waals surface area contributed by atoms with E-state index >= 15 is 0 Å². The van der Waals surface area contributed by atoms with Crippen LogP contribution in [0.4, 0.5) is 8.78 Å². The predicted molar refractivity (Wildman–Crippen MR) is 61.7 cm³/mol. The maximum Gasteiger partial charge on any atom is 0.388 e. The Morgan fingerprint density at radius 1 is 1.41 bits per heavy atom. The van der Waals surface area contributed by atoms with E-state index in [9.17, 15) is 8.78 Å². The Balaban J connectivity index is 2.23. The molecule has 7 heteroatoms. The molecular formula is C10H7ClF2N2OS. The third-order valence-electron chi connectivity index (χ3n) is 1.93. The molecule has 0 aliphatic rings. The molecule has 2 rings (SSSR count). The number of alkyl halides is 2. The van der Waals surface area contributed by atoms with Crippen LogP contribution in [-0.2, 0) is 0 Å². The number of hydrogen-bond donors (Lipinski definition) is 0. The van der Waals surface area contributed by atoms with Gasteiger partial charge < -0.3 is 4.74 Å². The van der Waals surface area contributed by atoms with Gasteiger partial charge in [0.2, 0.25) is 5.88 Å². The van der Waals surface area contributed by atoms with Gasteiger partial charge in [0.1, 0.15) is 10.2 Å². The first-order valence-corrected chi connectivity index (χ1v) is 5.80. The van der Waals surface area contributed by atoms with Gasteiger partial charge in [-0.3, -0.25) is 0 Å². The lowest BCUT2D eigenvalue weighted by Crippen LogP contribution is -2.03. The summed E-state index contributed by atoms with van der Waals surface area (Å²) in [6, 6.07) is 2.98. The molecule has 0 atom stereocenters. The van der Waals surface area contributed by atoms with Crippen LogP contribution in [-0.4, -0.2) is 16.6 Å². The van der Waals surface area contributed by atoms with Crippen LogP contribution in [0.15, 0.2) is 18.3 Å². The SMILES string of the molecule is Cc1sc(-c2ccc(OC(F)F)nc2)nc1Cl. The largest absolute Gasteiger partial charge is 0.417 e. The van der Waals surface area contributed by atoms with Crippen molar-refractivity contribution in [1.29, 1.82) is 0 Å². The van der Waals surface area contributed by atoms with E-state index in [0.717, 1.165) is 4.88 Å². The number of aromatic nitrogens is 2. The van der Waals surface area contributed by atoms with Crippen molar-refractivity contribution in [3.8, 4) is 16.5 Å². The molecule has 2 aromatic rings. The van der Waals surface area contributed by atoms with Gasteiger partial charge in [-0.2, -0.15) is 8.78 Å². The van der Waals surface area contributed by atoms with E-state index in [1.165, 1.54) is 23.6 Å². The molecule has 0 aliphatic heterocycles. The van der Waals surface area contributed by atoms with E-state index in [1.54, 1.807) is 6.07 Å². The summed E-state index contributed by atoms with van der Waals surface area (Å²) in [5, 5.41) is 1.14. The number of ether oxygens (including phenoxy) is 1. The Morgan fingerprint density at radius 2 is 2.18 bits per heavy atom. The number of pyridine rings is 1. The Bertz CT molecular complexity index is 496. The highest BCUT2D eigenvalue weighted by molar-refractivity contribution is 7.15. The minimum absolute atomic E-state index is 0.122. The van der Waals surface area contributed by atoms with E-state index < -0.39 is 6.61 Å². The number of hydrogen-bond acceptors (Lipinski definition) is 4. The van der Waals surface area contributed by atoms with Crippen LogP contribution in [0.3, 0.4) is 0 Å². The van der Waals surface area contributed by atoms with Gasteiger partial charge in [0, 0.05) is 22.7 Å². The van der Waals surface area contributed by atoms with E-state index in [-0.39, 0.29) is 5.88 Å². The second-order valence-electron chi connectivity index (χ2n) is 3.13. The molecule has 17 heavy (non-hydrogen) atoms. The van der Waals surface area contributed by atoms with E-state index in [2.05, 4.69) is 14.7 Å². The molecule has 0 amide bonds. The van der Waals surface area contributed by atoms with Gasteiger partial charge in [-0.25, -0.2) is 9.97 Å². The molecule has 0 spiro atoms. The van der Waals surface area contributed by atoms with Crippen LogP contribution in [0.1, 0.15) is 4.88 Å². The van der Waals surface area contributed by atoms with Crippen molar-refractivity contribution in [1.82, 2.24) is 9.97 Å². The van der Waals surface area contributed by atoms with Gasteiger partial charge in [0.15, 0.2) is 0 Å². The zero-order valence-corrected chi connectivity index (χ0v) is 10.2. The van der Waals surface area contributed by atoms with Crippen molar-refractivity contribution < 1.29 is 13.5 Å². The zero-order chi connectivity index (χ0) is 12.4. The number of nitrogens with zero attached hydrogens (tertiary/aromatic N) is 2. The standard InChI is InChI=1S/C10H7ClF2N2OS/c1-5-8(11)15-9(17-5)6-2-3-7(14-4-6)16-10(12)13/h2-4,10H,1H3. The van der Waals surface area contributed by atoms with Crippen LogP contribution >= 0.6 is 22.9 Å². The highest BCUT2D eigenvalue weighted by Gasteiger charge is 2.09. The fourth-order valence-electron chi connectivity index (χ4n) is 1.17. The lowest BCUT2D eigenvalue weighted by Gasteiger charge is -2.02. The number of aryl methyl sites for hydroxylation is 1. The predicted octanol–water partition coefficient (Wildman–Crippen LogP) is 3.77. The molecule has 0 unspecified atom stereocenters. The minimum Gasteiger partial charge on any atom is -0.417 e. The molecule has 2 aromatic heterocycles. The van der Waals surface area contributed by atoms with Gasteiger partial charge >= 0.3 is 6.61 Å². The first kappa shape index (κ1) is 12.2. The Kier molecular flexibility index (Phi) is 3.54. The van der Waals surface area contributed by atoms with E-state index in [0.29, 0.717) is 15.7 Å². The van der Waals surface area contributed by atoms with Crippen molar-refractivity contribution in [3.63, 3.8) is 0 Å². The molecule has 0 saturated heterocycles. The van der Waals surface area contributed by atoms with Gasteiger partial charge in [-0.05, 0) is 13.0 Å². The van der Waals surface area contributed by atoms with Crippen LogP contribution in [0.25, 0.3) is 10.6 Å². The summed E-state index contributed by atoms with van der Waals surface area (Å²) in [7, 11) is 0. The molecule has 0 aromatic carbocycles. The second kappa shape index (κ2) is 4.93. The summed E-state index contributed by atoms with van der Waals surface area (Å²) in [5.74, 6) is -0.122. The fraction of sp³-hybridized carbons (Fsp3) is 0.200. The number of rotatable bonds is 3. The van der Waals surface area contributed by atoms with E-state index in [4.69, 9.17) is 11.6 Å². The summed E-state index contributed by atoms with van der Waals surface area (Å²) in [6.45, 7) is -1.02. The Hall–Kier alpha value is -1.27. The molecule has 0 N–H and O–H groups in total. The highest BCUT2D eigenvalue weighted by Crippen LogP contribution is 2.30. The molecule has 0 fully saturated rings. The third-order valence-corrected chi connectivity index (χ3v) is 3.43. The number of halogens is 3. The lowest BCUT2D eigenvalue weighted by atomic mass is 10.3. The fourth-order valence-corrected chi connectivity index (χ4v) is 2.21. The van der Waals surface area contributed by atoms with Crippen LogP contribution < -0.4 is 4.74 Å². The van der Waals surface area contributed by atoms with Crippen molar-refractivity contribution in [2.45, 2.75) is 13.5 Å². The molecule has 0 aliphatic carbocycles. The molecule has 0 saturated carbocycles. The maximum absolute atomic E-state index is 11.9. The van der Waals surface area contributed by atoms with Crippen molar-refractivity contribution in [3.05, 3.63) is 28.4 Å². The average molecular weight is 277 g/mol. The maximum atomic E-state index is 11.9. The van der Waals surface area contributed by atoms with Crippen molar-refractivity contribution >= 4 is 22.9 Å². The number of thiazole rings is 1. The smallest absolute Gasteiger partial charge is 0.388 e. The summed E-state index contributed by atoms with van der Waals surface area (Å²) in [4.78, 5) is 8.78. The van der Waals surface area contributed by atoms with E-state index in [1.807, 2.05) is 6.92 Å². The normalized spacial score (nSPS) is 10.9. The summed E-state index contributed by atoms with van der Waals surface area (Å²) < 4.78 is 28.0. The third kappa shape index (κ3) is 2.89. The summed E-state index contributed by atoms with van der Waals surface area (Å²) in [5.41, 5.74) is 0.714. The van der Waals surface area contributed by atoms with Gasteiger partial charge in [0.25, 0.3) is 0 Å². The second-order valence-corrected chi connectivity index (χ2v) is 4.69. The Labute approximate surface area is 105 Å². The first-order valence-electron chi connectivity index (χ1n) is 4.60. The van der Waals surface area contributed by atoms with Gasteiger partial charge in [-0.15, -0.1) is 11.3 Å². The highest BCUT2D eigenvalue weighted by atomic mass is 35.5. The van der Waals surface area contributed by atoms with Crippen LogP contribution in [0.2, 0.25) is 5.15 Å². The van der Waals surface area contributed by atoms with Crippen molar-refractivity contribution in [2.24, 2.45) is 0 Å². The summed E-state index contributed by atoms with van der Waals surface area (Å²) >= 11 is 7.25. The molecule has 2 heterocycles. The molecule has 90 valence electrons. The summed E-state index contributed by atoms with van der Waals surface area (Å²) in [6.07, 6.45) is 1.42. The molecular weight excluding hydrogens is 270 g/mol. The lowest BCUT2D eigenvalue weighted by molar-refractivity contribution is -0.0528. The average Bonchev–Trinajstić information content (AvgIpc) is 2.59. The quantitative estimate of drug-likeness (QED) is 0.856. The Morgan fingerprint density at radius 3 is 2.65 bits per heavy atom. The monoisotopic (exact) mass is 276 g/mol. The van der Waals surface area contributed by atoms with Crippen molar-refractivity contribution in [2.75, 3.05) is 0 Å². The first-order chi connectivity index (χ1) is 8.06. The zero-order valence-electron chi connectivity index (χ0n) is 8.65. The molecule has 3 nitrogen and oxygen atoms in total. The minimum atomic E-state index is -2.87. The van der Waals surface area contributed by atoms with Crippen LogP contribution in [0, 0.1) is 6.92 Å². The van der Waals surface area contributed by atoms with Gasteiger partial charge in [-0.1, -0.05) is 11.6 Å². The van der Waals surface area contributed by atoms with Crippen LogP contribution in [0.5, 0.6) is 5.88 Å². The molecule has 0 radical (unpaired) electrons.